The number of amides is 1. The van der Waals surface area contributed by atoms with Crippen LogP contribution in [0.2, 0.25) is 0 Å². The standard InChI is InChI=1S/C32H39N3O2/c1-24-14-17-27(18-15-24)32(36)33-20-8-4-5-13-31-34-29-11-6-7-12-30(29)35(31)21-9-10-22-37-28-19-16-25(2)26(3)23-28/h6-7,11-12,14-19,23H,4-5,8-10,13,20-22H2,1-3H3,(H,33,36). The van der Waals surface area contributed by atoms with Gasteiger partial charge in [0.1, 0.15) is 11.6 Å². The lowest BCUT2D eigenvalue weighted by Gasteiger charge is -2.11. The molecule has 0 bridgehead atoms. The molecule has 1 N–H and O–H groups in total. The monoisotopic (exact) mass is 497 g/mol. The van der Waals surface area contributed by atoms with Gasteiger partial charge in [-0.2, -0.15) is 0 Å². The summed E-state index contributed by atoms with van der Waals surface area (Å²) in [4.78, 5) is 17.2. The fraction of sp³-hybridized carbons (Fsp3) is 0.375. The molecule has 0 radical (unpaired) electrons. The van der Waals surface area contributed by atoms with Crippen LogP contribution in [0.25, 0.3) is 11.0 Å². The van der Waals surface area contributed by atoms with Crippen LogP contribution in [0.4, 0.5) is 0 Å². The van der Waals surface area contributed by atoms with Crippen LogP contribution in [0, 0.1) is 20.8 Å². The topological polar surface area (TPSA) is 56.2 Å². The average Bonchev–Trinajstić information content (AvgIpc) is 3.25. The molecular weight excluding hydrogens is 458 g/mol. The van der Waals surface area contributed by atoms with Crippen molar-refractivity contribution < 1.29 is 9.53 Å². The third-order valence-corrected chi connectivity index (χ3v) is 6.93. The first-order valence-electron chi connectivity index (χ1n) is 13.5. The van der Waals surface area contributed by atoms with Gasteiger partial charge in [0.25, 0.3) is 5.91 Å². The van der Waals surface area contributed by atoms with E-state index in [9.17, 15) is 4.79 Å². The first-order valence-corrected chi connectivity index (χ1v) is 13.5. The molecule has 1 heterocycles. The number of imidazole rings is 1. The zero-order chi connectivity index (χ0) is 26.0. The van der Waals surface area contributed by atoms with Crippen LogP contribution in [0.1, 0.15) is 65.0 Å². The molecule has 5 nitrogen and oxygen atoms in total. The number of fused-ring (bicyclic) bond motifs is 1. The van der Waals surface area contributed by atoms with E-state index < -0.39 is 0 Å². The van der Waals surface area contributed by atoms with Gasteiger partial charge < -0.3 is 14.6 Å². The second-order valence-corrected chi connectivity index (χ2v) is 9.90. The Balaban J connectivity index is 1.22. The van der Waals surface area contributed by atoms with Crippen LogP contribution in [-0.4, -0.2) is 28.6 Å². The lowest BCUT2D eigenvalue weighted by Crippen LogP contribution is -2.24. The minimum Gasteiger partial charge on any atom is -0.494 e. The van der Waals surface area contributed by atoms with Crippen molar-refractivity contribution in [3.05, 3.63) is 94.8 Å². The highest BCUT2D eigenvalue weighted by atomic mass is 16.5. The Morgan fingerprint density at radius 3 is 2.49 bits per heavy atom. The molecule has 3 aromatic carbocycles. The molecule has 4 rings (SSSR count). The smallest absolute Gasteiger partial charge is 0.251 e. The van der Waals surface area contributed by atoms with Gasteiger partial charge in [-0.05, 0) is 94.0 Å². The van der Waals surface area contributed by atoms with E-state index in [0.717, 1.165) is 79.9 Å². The van der Waals surface area contributed by atoms with Crippen molar-refractivity contribution in [2.24, 2.45) is 0 Å². The molecule has 0 unspecified atom stereocenters. The highest BCUT2D eigenvalue weighted by molar-refractivity contribution is 5.94. The van der Waals surface area contributed by atoms with E-state index in [1.807, 2.05) is 31.2 Å². The number of ether oxygens (including phenoxy) is 1. The number of aryl methyl sites for hydroxylation is 5. The van der Waals surface area contributed by atoms with Crippen molar-refractivity contribution in [2.75, 3.05) is 13.2 Å². The Kier molecular flexibility index (Phi) is 9.36. The predicted octanol–water partition coefficient (Wildman–Crippen LogP) is 6.96. The van der Waals surface area contributed by atoms with Gasteiger partial charge in [-0.15, -0.1) is 0 Å². The molecule has 0 saturated carbocycles. The molecule has 0 atom stereocenters. The predicted molar refractivity (Wildman–Crippen MR) is 151 cm³/mol. The van der Waals surface area contributed by atoms with E-state index in [2.05, 4.69) is 66.2 Å². The molecule has 0 fully saturated rings. The Labute approximate surface area is 220 Å². The van der Waals surface area contributed by atoms with E-state index >= 15 is 0 Å². The number of benzene rings is 3. The maximum absolute atomic E-state index is 12.3. The Morgan fingerprint density at radius 2 is 1.68 bits per heavy atom. The lowest BCUT2D eigenvalue weighted by atomic mass is 10.1. The number of carbonyl (C=O) groups is 1. The number of unbranched alkanes of at least 4 members (excludes halogenated alkanes) is 3. The fourth-order valence-electron chi connectivity index (χ4n) is 4.53. The molecule has 0 spiro atoms. The largest absolute Gasteiger partial charge is 0.494 e. The molecule has 5 heteroatoms. The highest BCUT2D eigenvalue weighted by Gasteiger charge is 2.10. The van der Waals surface area contributed by atoms with Crippen molar-refractivity contribution >= 4 is 16.9 Å². The minimum absolute atomic E-state index is 0.00304. The molecule has 194 valence electrons. The lowest BCUT2D eigenvalue weighted by molar-refractivity contribution is 0.0953. The van der Waals surface area contributed by atoms with E-state index in [4.69, 9.17) is 9.72 Å². The van der Waals surface area contributed by atoms with Crippen LogP contribution < -0.4 is 10.1 Å². The molecule has 0 aliphatic heterocycles. The SMILES string of the molecule is Cc1ccc(C(=O)NCCCCCc2nc3ccccc3n2CCCCOc2ccc(C)c(C)c2)cc1. The maximum Gasteiger partial charge on any atom is 0.251 e. The van der Waals surface area contributed by atoms with Crippen LogP contribution in [-0.2, 0) is 13.0 Å². The first-order chi connectivity index (χ1) is 18.0. The summed E-state index contributed by atoms with van der Waals surface area (Å²) >= 11 is 0. The number of carbonyl (C=O) groups excluding carboxylic acids is 1. The normalized spacial score (nSPS) is 11.1. The Bertz CT molecular complexity index is 1310. The summed E-state index contributed by atoms with van der Waals surface area (Å²) in [5.74, 6) is 2.11. The maximum atomic E-state index is 12.3. The molecule has 0 aliphatic carbocycles. The van der Waals surface area contributed by atoms with E-state index in [1.165, 1.54) is 16.6 Å². The van der Waals surface area contributed by atoms with E-state index in [1.54, 1.807) is 0 Å². The third-order valence-electron chi connectivity index (χ3n) is 6.93. The van der Waals surface area contributed by atoms with Crippen molar-refractivity contribution in [3.63, 3.8) is 0 Å². The molecule has 4 aromatic rings. The van der Waals surface area contributed by atoms with Gasteiger partial charge in [-0.25, -0.2) is 4.98 Å². The first kappa shape index (κ1) is 26.5. The molecule has 37 heavy (non-hydrogen) atoms. The molecular formula is C32H39N3O2. The zero-order valence-electron chi connectivity index (χ0n) is 22.4. The second-order valence-electron chi connectivity index (χ2n) is 9.90. The summed E-state index contributed by atoms with van der Waals surface area (Å²) < 4.78 is 8.36. The molecule has 0 saturated heterocycles. The summed E-state index contributed by atoms with van der Waals surface area (Å²) in [7, 11) is 0. The van der Waals surface area contributed by atoms with E-state index in [-0.39, 0.29) is 5.91 Å². The minimum atomic E-state index is 0.00304. The Hall–Kier alpha value is -3.60. The van der Waals surface area contributed by atoms with Crippen molar-refractivity contribution in [3.8, 4) is 5.75 Å². The second kappa shape index (κ2) is 13.1. The Morgan fingerprint density at radius 1 is 0.865 bits per heavy atom. The average molecular weight is 498 g/mol. The number of para-hydroxylation sites is 2. The quantitative estimate of drug-likeness (QED) is 0.203. The van der Waals surface area contributed by atoms with Crippen molar-refractivity contribution in [1.29, 1.82) is 0 Å². The van der Waals surface area contributed by atoms with Gasteiger partial charge in [0.05, 0.1) is 17.6 Å². The molecule has 1 aromatic heterocycles. The van der Waals surface area contributed by atoms with Gasteiger partial charge in [-0.1, -0.05) is 42.3 Å². The third kappa shape index (κ3) is 7.45. The van der Waals surface area contributed by atoms with Crippen LogP contribution in [0.5, 0.6) is 5.75 Å². The summed E-state index contributed by atoms with van der Waals surface area (Å²) in [6, 6.07) is 22.4. The molecule has 1 amide bonds. The van der Waals surface area contributed by atoms with Crippen molar-refractivity contribution in [1.82, 2.24) is 14.9 Å². The summed E-state index contributed by atoms with van der Waals surface area (Å²) in [5.41, 5.74) is 6.71. The van der Waals surface area contributed by atoms with Crippen molar-refractivity contribution in [2.45, 2.75) is 65.8 Å². The zero-order valence-corrected chi connectivity index (χ0v) is 22.4. The van der Waals surface area contributed by atoms with Crippen LogP contribution in [0.15, 0.2) is 66.7 Å². The van der Waals surface area contributed by atoms with Crippen LogP contribution >= 0.6 is 0 Å². The summed E-state index contributed by atoms with van der Waals surface area (Å²) in [5, 5.41) is 3.04. The van der Waals surface area contributed by atoms with Gasteiger partial charge in [0.2, 0.25) is 0 Å². The highest BCUT2D eigenvalue weighted by Crippen LogP contribution is 2.20. The van der Waals surface area contributed by atoms with Gasteiger partial charge in [0.15, 0.2) is 0 Å². The fourth-order valence-corrected chi connectivity index (χ4v) is 4.53. The number of aromatic nitrogens is 2. The number of hydrogen-bond acceptors (Lipinski definition) is 3. The number of hydrogen-bond donors (Lipinski definition) is 1. The summed E-state index contributed by atoms with van der Waals surface area (Å²) in [6.07, 6.45) is 6.07. The summed E-state index contributed by atoms with van der Waals surface area (Å²) in [6.45, 7) is 8.63. The number of nitrogens with one attached hydrogen (secondary N) is 1. The van der Waals surface area contributed by atoms with Crippen LogP contribution in [0.3, 0.4) is 0 Å². The number of rotatable bonds is 13. The number of nitrogens with zero attached hydrogens (tertiary/aromatic N) is 2. The van der Waals surface area contributed by atoms with Gasteiger partial charge in [-0.3, -0.25) is 4.79 Å². The van der Waals surface area contributed by atoms with Gasteiger partial charge in [0, 0.05) is 25.1 Å². The molecule has 0 aliphatic rings. The van der Waals surface area contributed by atoms with E-state index in [0.29, 0.717) is 6.54 Å². The van der Waals surface area contributed by atoms with Gasteiger partial charge >= 0.3 is 0 Å².